The fourth-order valence-corrected chi connectivity index (χ4v) is 5.22. The molecule has 1 atom stereocenters. The second-order valence-corrected chi connectivity index (χ2v) is 8.25. The molecule has 5 heteroatoms. The fourth-order valence-electron chi connectivity index (χ4n) is 3.17. The predicted octanol–water partition coefficient (Wildman–Crippen LogP) is 1.72. The van der Waals surface area contributed by atoms with Gasteiger partial charge in [-0.3, -0.25) is 0 Å². The Morgan fingerprint density at radius 1 is 1.28 bits per heavy atom. The van der Waals surface area contributed by atoms with E-state index in [1.807, 2.05) is 13.8 Å². The molecule has 0 spiro atoms. The van der Waals surface area contributed by atoms with E-state index in [9.17, 15) is 8.42 Å². The summed E-state index contributed by atoms with van der Waals surface area (Å²) in [5.74, 6) is 0.300. The zero-order valence-corrected chi connectivity index (χ0v) is 12.4. The Bertz CT molecular complexity index is 372. The van der Waals surface area contributed by atoms with E-state index in [2.05, 4.69) is 5.32 Å². The molecule has 1 unspecified atom stereocenters. The molecule has 4 nitrogen and oxygen atoms in total. The molecule has 2 aliphatic rings. The number of hydrogen-bond acceptors (Lipinski definition) is 3. The third-order valence-electron chi connectivity index (χ3n) is 4.30. The molecular formula is C13H26N2O2S. The van der Waals surface area contributed by atoms with Gasteiger partial charge in [0.05, 0.1) is 5.75 Å². The molecule has 2 aliphatic heterocycles. The lowest BCUT2D eigenvalue weighted by molar-refractivity contribution is 0.290. The molecule has 0 aliphatic carbocycles. The molecule has 2 rings (SSSR count). The number of rotatable bonds is 4. The summed E-state index contributed by atoms with van der Waals surface area (Å²) in [7, 11) is -3.07. The second-order valence-electron chi connectivity index (χ2n) is 6.24. The minimum Gasteiger partial charge on any atom is -0.314 e. The van der Waals surface area contributed by atoms with Gasteiger partial charge in [0.15, 0.2) is 0 Å². The maximum Gasteiger partial charge on any atom is 0.214 e. The van der Waals surface area contributed by atoms with Crippen LogP contribution in [-0.2, 0) is 10.0 Å². The van der Waals surface area contributed by atoms with Gasteiger partial charge in [0.1, 0.15) is 0 Å². The summed E-state index contributed by atoms with van der Waals surface area (Å²) in [6, 6.07) is 0.402. The fraction of sp³-hybridized carbons (Fsp3) is 1.00. The van der Waals surface area contributed by atoms with Crippen molar-refractivity contribution >= 4 is 10.0 Å². The maximum atomic E-state index is 12.4. The van der Waals surface area contributed by atoms with Crippen LogP contribution in [0.5, 0.6) is 0 Å². The van der Waals surface area contributed by atoms with Crippen LogP contribution in [0.2, 0.25) is 0 Å². The molecule has 2 fully saturated rings. The van der Waals surface area contributed by atoms with Crippen molar-refractivity contribution in [2.45, 2.75) is 64.0 Å². The smallest absolute Gasteiger partial charge is 0.214 e. The molecule has 106 valence electrons. The van der Waals surface area contributed by atoms with Crippen molar-refractivity contribution in [2.24, 2.45) is 0 Å². The zero-order chi connectivity index (χ0) is 13.2. The van der Waals surface area contributed by atoms with E-state index in [4.69, 9.17) is 0 Å². The van der Waals surface area contributed by atoms with Gasteiger partial charge in [-0.25, -0.2) is 8.42 Å². The summed E-state index contributed by atoms with van der Waals surface area (Å²) in [5.41, 5.74) is -0.182. The molecule has 2 saturated heterocycles. The van der Waals surface area contributed by atoms with Gasteiger partial charge < -0.3 is 5.32 Å². The molecule has 0 radical (unpaired) electrons. The molecule has 1 N–H and O–H groups in total. The summed E-state index contributed by atoms with van der Waals surface area (Å²) < 4.78 is 26.5. The minimum atomic E-state index is -3.07. The lowest BCUT2D eigenvalue weighted by atomic mass is 10.0. The van der Waals surface area contributed by atoms with Gasteiger partial charge in [0.25, 0.3) is 0 Å². The molecule has 0 aromatic carbocycles. The Labute approximate surface area is 111 Å². The first-order chi connectivity index (χ1) is 8.42. The quantitative estimate of drug-likeness (QED) is 0.849. The number of nitrogens with zero attached hydrogens (tertiary/aromatic N) is 1. The average molecular weight is 274 g/mol. The molecule has 0 aromatic heterocycles. The van der Waals surface area contributed by atoms with Crippen LogP contribution in [-0.4, -0.2) is 43.1 Å². The average Bonchev–Trinajstić information content (AvgIpc) is 2.69. The molecule has 0 amide bonds. The van der Waals surface area contributed by atoms with Gasteiger partial charge in [0.2, 0.25) is 10.0 Å². The van der Waals surface area contributed by atoms with Gasteiger partial charge >= 0.3 is 0 Å². The van der Waals surface area contributed by atoms with E-state index in [0.29, 0.717) is 18.3 Å². The SMILES string of the molecule is CC1(C)CCCN1S(=O)(=O)CCC1CCCCN1. The van der Waals surface area contributed by atoms with Crippen molar-refractivity contribution in [3.8, 4) is 0 Å². The van der Waals surface area contributed by atoms with Crippen molar-refractivity contribution in [3.63, 3.8) is 0 Å². The van der Waals surface area contributed by atoms with Crippen LogP contribution < -0.4 is 5.32 Å². The van der Waals surface area contributed by atoms with E-state index in [1.165, 1.54) is 12.8 Å². The molecule has 0 bridgehead atoms. The van der Waals surface area contributed by atoms with Gasteiger partial charge in [-0.1, -0.05) is 6.42 Å². The van der Waals surface area contributed by atoms with Crippen LogP contribution in [0.15, 0.2) is 0 Å². The second kappa shape index (κ2) is 5.47. The van der Waals surface area contributed by atoms with Crippen molar-refractivity contribution in [3.05, 3.63) is 0 Å². The Balaban J connectivity index is 1.91. The highest BCUT2D eigenvalue weighted by molar-refractivity contribution is 7.89. The Morgan fingerprint density at radius 3 is 2.61 bits per heavy atom. The van der Waals surface area contributed by atoms with Crippen molar-refractivity contribution in [1.82, 2.24) is 9.62 Å². The van der Waals surface area contributed by atoms with E-state index in [1.54, 1.807) is 4.31 Å². The lowest BCUT2D eigenvalue weighted by Crippen LogP contribution is -2.45. The monoisotopic (exact) mass is 274 g/mol. The molecule has 18 heavy (non-hydrogen) atoms. The van der Waals surface area contributed by atoms with Gasteiger partial charge in [-0.05, 0) is 52.5 Å². The van der Waals surface area contributed by atoms with E-state index < -0.39 is 10.0 Å². The Morgan fingerprint density at radius 2 is 2.06 bits per heavy atom. The maximum absolute atomic E-state index is 12.4. The Hall–Kier alpha value is -0.130. The van der Waals surface area contributed by atoms with Crippen LogP contribution in [0.4, 0.5) is 0 Å². The first kappa shape index (κ1) is 14.3. The summed E-state index contributed by atoms with van der Waals surface area (Å²) in [6.07, 6.45) is 6.31. The summed E-state index contributed by atoms with van der Waals surface area (Å²) >= 11 is 0. The molecular weight excluding hydrogens is 248 g/mol. The van der Waals surface area contributed by atoms with Crippen LogP contribution in [0.1, 0.15) is 52.4 Å². The third kappa shape index (κ3) is 3.25. The third-order valence-corrected chi connectivity index (χ3v) is 6.40. The lowest BCUT2D eigenvalue weighted by Gasteiger charge is -2.31. The summed E-state index contributed by atoms with van der Waals surface area (Å²) in [5, 5.41) is 3.42. The summed E-state index contributed by atoms with van der Waals surface area (Å²) in [6.45, 7) is 5.82. The molecule has 2 heterocycles. The molecule has 0 aromatic rings. The van der Waals surface area contributed by atoms with Crippen molar-refractivity contribution in [1.29, 1.82) is 0 Å². The normalized spacial score (nSPS) is 29.6. The van der Waals surface area contributed by atoms with Crippen LogP contribution in [0.3, 0.4) is 0 Å². The number of hydrogen-bond donors (Lipinski definition) is 1. The largest absolute Gasteiger partial charge is 0.314 e. The standard InChI is InChI=1S/C13H26N2O2S/c1-13(2)8-5-10-15(13)18(16,17)11-7-12-6-3-4-9-14-12/h12,14H,3-11H2,1-2H3. The minimum absolute atomic E-state index is 0.182. The number of piperidine rings is 1. The van der Waals surface area contributed by atoms with E-state index in [-0.39, 0.29) is 5.54 Å². The van der Waals surface area contributed by atoms with Crippen LogP contribution >= 0.6 is 0 Å². The van der Waals surface area contributed by atoms with E-state index in [0.717, 1.165) is 32.2 Å². The highest BCUT2D eigenvalue weighted by Gasteiger charge is 2.39. The Kier molecular flexibility index (Phi) is 4.34. The van der Waals surface area contributed by atoms with E-state index >= 15 is 0 Å². The first-order valence-corrected chi connectivity index (χ1v) is 8.77. The highest BCUT2D eigenvalue weighted by atomic mass is 32.2. The van der Waals surface area contributed by atoms with Crippen molar-refractivity contribution < 1.29 is 8.42 Å². The highest BCUT2D eigenvalue weighted by Crippen LogP contribution is 2.31. The number of sulfonamides is 1. The van der Waals surface area contributed by atoms with Gasteiger partial charge in [-0.15, -0.1) is 0 Å². The van der Waals surface area contributed by atoms with Crippen LogP contribution in [0.25, 0.3) is 0 Å². The number of nitrogens with one attached hydrogen (secondary N) is 1. The first-order valence-electron chi connectivity index (χ1n) is 7.16. The van der Waals surface area contributed by atoms with Crippen LogP contribution in [0, 0.1) is 0 Å². The van der Waals surface area contributed by atoms with Gasteiger partial charge in [-0.2, -0.15) is 4.31 Å². The topological polar surface area (TPSA) is 49.4 Å². The van der Waals surface area contributed by atoms with Crippen molar-refractivity contribution in [2.75, 3.05) is 18.8 Å². The zero-order valence-electron chi connectivity index (χ0n) is 11.6. The molecule has 0 saturated carbocycles. The van der Waals surface area contributed by atoms with Gasteiger partial charge in [0, 0.05) is 18.1 Å². The predicted molar refractivity (Wildman–Crippen MR) is 74.1 cm³/mol. The summed E-state index contributed by atoms with van der Waals surface area (Å²) in [4.78, 5) is 0.